The molecule has 0 amide bonds. The van der Waals surface area contributed by atoms with Crippen molar-refractivity contribution in [1.82, 2.24) is 14.5 Å². The van der Waals surface area contributed by atoms with E-state index in [4.69, 9.17) is 0 Å². The van der Waals surface area contributed by atoms with Crippen LogP contribution >= 0.6 is 0 Å². The van der Waals surface area contributed by atoms with Crippen LogP contribution in [0.5, 0.6) is 0 Å². The number of piperidine rings is 1. The van der Waals surface area contributed by atoms with Crippen LogP contribution in [0.2, 0.25) is 0 Å². The Balaban J connectivity index is 1.94. The van der Waals surface area contributed by atoms with Crippen molar-refractivity contribution >= 4 is 5.82 Å². The molecule has 0 aliphatic carbocycles. The van der Waals surface area contributed by atoms with E-state index in [2.05, 4.69) is 29.0 Å². The van der Waals surface area contributed by atoms with Crippen molar-refractivity contribution in [2.45, 2.75) is 52.1 Å². The zero-order chi connectivity index (χ0) is 14.4. The van der Waals surface area contributed by atoms with E-state index in [-0.39, 0.29) is 5.56 Å². The Labute approximate surface area is 121 Å². The quantitative estimate of drug-likeness (QED) is 0.864. The maximum atomic E-state index is 12.2. The third-order valence-electron chi connectivity index (χ3n) is 3.85. The highest BCUT2D eigenvalue weighted by Crippen LogP contribution is 2.13. The van der Waals surface area contributed by atoms with Gasteiger partial charge in [0.1, 0.15) is 0 Å². The van der Waals surface area contributed by atoms with Gasteiger partial charge in [-0.3, -0.25) is 4.79 Å². The first-order valence-electron chi connectivity index (χ1n) is 7.79. The van der Waals surface area contributed by atoms with Crippen LogP contribution in [0.4, 0.5) is 5.82 Å². The van der Waals surface area contributed by atoms with Crippen LogP contribution in [-0.4, -0.2) is 40.1 Å². The van der Waals surface area contributed by atoms with Gasteiger partial charge in [-0.05, 0) is 32.2 Å². The average molecular weight is 278 g/mol. The molecule has 2 heterocycles. The molecule has 1 fully saturated rings. The third-order valence-corrected chi connectivity index (χ3v) is 3.85. The van der Waals surface area contributed by atoms with E-state index in [1.807, 2.05) is 0 Å². The molecule has 0 bridgehead atoms. The average Bonchev–Trinajstić information content (AvgIpc) is 2.46. The van der Waals surface area contributed by atoms with Crippen LogP contribution in [0.25, 0.3) is 0 Å². The topological polar surface area (TPSA) is 50.2 Å². The monoisotopic (exact) mass is 278 g/mol. The van der Waals surface area contributed by atoms with E-state index in [1.165, 1.54) is 13.0 Å². The molecule has 0 atom stereocenters. The number of aromatic nitrogens is 2. The zero-order valence-corrected chi connectivity index (χ0v) is 12.6. The lowest BCUT2D eigenvalue weighted by Crippen LogP contribution is -2.40. The summed E-state index contributed by atoms with van der Waals surface area (Å²) in [5.74, 6) is 0.509. The summed E-state index contributed by atoms with van der Waals surface area (Å²) in [6, 6.07) is 0.376. The van der Waals surface area contributed by atoms with Gasteiger partial charge >= 0.3 is 0 Å². The molecule has 0 saturated carbocycles. The third kappa shape index (κ3) is 3.82. The first kappa shape index (κ1) is 15.0. The van der Waals surface area contributed by atoms with E-state index < -0.39 is 0 Å². The molecule has 0 aromatic carbocycles. The predicted octanol–water partition coefficient (Wildman–Crippen LogP) is 1.94. The highest BCUT2D eigenvalue weighted by atomic mass is 16.1. The number of likely N-dealkylation sites (tertiary alicyclic amines) is 1. The predicted molar refractivity (Wildman–Crippen MR) is 82.2 cm³/mol. The molecule has 1 aromatic rings. The van der Waals surface area contributed by atoms with Crippen molar-refractivity contribution in [3.63, 3.8) is 0 Å². The normalized spacial score (nSPS) is 17.3. The van der Waals surface area contributed by atoms with E-state index in [1.54, 1.807) is 17.0 Å². The van der Waals surface area contributed by atoms with Gasteiger partial charge in [0.05, 0.1) is 0 Å². The second kappa shape index (κ2) is 7.43. The summed E-state index contributed by atoms with van der Waals surface area (Å²) >= 11 is 0. The van der Waals surface area contributed by atoms with Crippen LogP contribution in [-0.2, 0) is 6.54 Å². The smallest absolute Gasteiger partial charge is 0.293 e. The lowest BCUT2D eigenvalue weighted by Gasteiger charge is -2.32. The first-order chi connectivity index (χ1) is 9.74. The van der Waals surface area contributed by atoms with Gasteiger partial charge in [-0.2, -0.15) is 0 Å². The van der Waals surface area contributed by atoms with Gasteiger partial charge < -0.3 is 14.8 Å². The minimum atomic E-state index is 0.00494. The van der Waals surface area contributed by atoms with Gasteiger partial charge in [-0.15, -0.1) is 0 Å². The summed E-state index contributed by atoms with van der Waals surface area (Å²) in [5.41, 5.74) is 0.00494. The van der Waals surface area contributed by atoms with Gasteiger partial charge in [-0.1, -0.05) is 13.8 Å². The molecule has 0 spiro atoms. The molecule has 5 heteroatoms. The lowest BCUT2D eigenvalue weighted by atomic mass is 10.1. The maximum absolute atomic E-state index is 12.2. The Morgan fingerprint density at radius 3 is 2.60 bits per heavy atom. The fourth-order valence-corrected chi connectivity index (χ4v) is 2.77. The Hall–Kier alpha value is -1.36. The van der Waals surface area contributed by atoms with Crippen molar-refractivity contribution in [1.29, 1.82) is 0 Å². The van der Waals surface area contributed by atoms with Gasteiger partial charge in [0.2, 0.25) is 0 Å². The molecule has 0 radical (unpaired) electrons. The summed E-state index contributed by atoms with van der Waals surface area (Å²) < 4.78 is 1.74. The van der Waals surface area contributed by atoms with E-state index in [9.17, 15) is 4.79 Å². The van der Waals surface area contributed by atoms with Crippen molar-refractivity contribution in [2.24, 2.45) is 0 Å². The summed E-state index contributed by atoms with van der Waals surface area (Å²) in [7, 11) is 0. The highest BCUT2D eigenvalue weighted by molar-refractivity contribution is 5.32. The molecular weight excluding hydrogens is 252 g/mol. The van der Waals surface area contributed by atoms with Crippen LogP contribution in [0, 0.1) is 0 Å². The molecule has 1 N–H and O–H groups in total. The fraction of sp³-hybridized carbons (Fsp3) is 0.733. The standard InChI is InChI=1S/C15H26N4O/c1-3-8-18-10-5-13(6-11-18)17-14-15(20)19(9-4-2)12-7-16-14/h7,12-13H,3-6,8-11H2,1-2H3,(H,16,17). The van der Waals surface area contributed by atoms with Gasteiger partial charge in [0.25, 0.3) is 5.56 Å². The lowest BCUT2D eigenvalue weighted by molar-refractivity contribution is 0.219. The maximum Gasteiger partial charge on any atom is 0.293 e. The Kier molecular flexibility index (Phi) is 5.59. The number of hydrogen-bond acceptors (Lipinski definition) is 4. The number of nitrogens with zero attached hydrogens (tertiary/aromatic N) is 3. The fourth-order valence-electron chi connectivity index (χ4n) is 2.77. The number of aryl methyl sites for hydroxylation is 1. The number of anilines is 1. The number of nitrogens with one attached hydrogen (secondary N) is 1. The van der Waals surface area contributed by atoms with E-state index in [0.29, 0.717) is 11.9 Å². The molecule has 1 saturated heterocycles. The SMILES string of the molecule is CCCN1CCC(Nc2nccn(CCC)c2=O)CC1. The van der Waals surface area contributed by atoms with Gasteiger partial charge in [0, 0.05) is 38.1 Å². The highest BCUT2D eigenvalue weighted by Gasteiger charge is 2.19. The molecule has 5 nitrogen and oxygen atoms in total. The van der Waals surface area contributed by atoms with Crippen LogP contribution in [0.3, 0.4) is 0 Å². The summed E-state index contributed by atoms with van der Waals surface area (Å²) in [5, 5.41) is 3.34. The molecule has 0 unspecified atom stereocenters. The van der Waals surface area contributed by atoms with Gasteiger partial charge in [-0.25, -0.2) is 4.98 Å². The van der Waals surface area contributed by atoms with Gasteiger partial charge in [0.15, 0.2) is 5.82 Å². The molecule has 1 aromatic heterocycles. The van der Waals surface area contributed by atoms with Crippen molar-refractivity contribution in [3.8, 4) is 0 Å². The molecule has 1 aliphatic rings. The minimum Gasteiger partial charge on any atom is -0.363 e. The number of rotatable bonds is 6. The molecule has 2 rings (SSSR count). The van der Waals surface area contributed by atoms with Crippen molar-refractivity contribution in [3.05, 3.63) is 22.7 Å². The Bertz CT molecular complexity index is 463. The first-order valence-corrected chi connectivity index (χ1v) is 7.79. The summed E-state index contributed by atoms with van der Waals surface area (Å²) in [4.78, 5) is 18.9. The molecular formula is C15H26N4O. The minimum absolute atomic E-state index is 0.00494. The summed E-state index contributed by atoms with van der Waals surface area (Å²) in [6.45, 7) is 8.45. The Morgan fingerprint density at radius 1 is 1.25 bits per heavy atom. The van der Waals surface area contributed by atoms with Crippen LogP contribution < -0.4 is 10.9 Å². The number of hydrogen-bond donors (Lipinski definition) is 1. The van der Waals surface area contributed by atoms with E-state index in [0.717, 1.165) is 38.9 Å². The largest absolute Gasteiger partial charge is 0.363 e. The van der Waals surface area contributed by atoms with Crippen LogP contribution in [0.15, 0.2) is 17.2 Å². The van der Waals surface area contributed by atoms with Crippen LogP contribution in [0.1, 0.15) is 39.5 Å². The molecule has 1 aliphatic heterocycles. The molecule has 20 heavy (non-hydrogen) atoms. The second-order valence-electron chi connectivity index (χ2n) is 5.53. The van der Waals surface area contributed by atoms with Crippen molar-refractivity contribution < 1.29 is 0 Å². The zero-order valence-electron chi connectivity index (χ0n) is 12.6. The second-order valence-corrected chi connectivity index (χ2v) is 5.53. The molecule has 112 valence electrons. The summed E-state index contributed by atoms with van der Waals surface area (Å²) in [6.07, 6.45) is 7.82. The van der Waals surface area contributed by atoms with Crippen molar-refractivity contribution in [2.75, 3.05) is 25.0 Å². The Morgan fingerprint density at radius 2 is 1.95 bits per heavy atom. The van der Waals surface area contributed by atoms with E-state index >= 15 is 0 Å².